The molecule has 5 nitrogen and oxygen atoms in total. The molecule has 1 aromatic carbocycles. The van der Waals surface area contributed by atoms with Crippen LogP contribution in [0.4, 0.5) is 10.1 Å². The van der Waals surface area contributed by atoms with Crippen molar-refractivity contribution in [3.05, 3.63) is 24.0 Å². The Morgan fingerprint density at radius 2 is 2.05 bits per heavy atom. The van der Waals surface area contributed by atoms with Crippen molar-refractivity contribution in [2.75, 3.05) is 25.9 Å². The van der Waals surface area contributed by atoms with Gasteiger partial charge in [0.15, 0.2) is 0 Å². The molecule has 0 fully saturated rings. The summed E-state index contributed by atoms with van der Waals surface area (Å²) in [7, 11) is -1.94. The van der Waals surface area contributed by atoms with E-state index in [0.29, 0.717) is 12.5 Å². The van der Waals surface area contributed by atoms with Crippen molar-refractivity contribution in [1.82, 2.24) is 9.62 Å². The van der Waals surface area contributed by atoms with Gasteiger partial charge in [0, 0.05) is 12.6 Å². The topological polar surface area (TPSA) is 75.4 Å². The van der Waals surface area contributed by atoms with Crippen LogP contribution in [0, 0.1) is 5.82 Å². The second kappa shape index (κ2) is 7.01. The van der Waals surface area contributed by atoms with Crippen LogP contribution < -0.4 is 10.5 Å². The lowest BCUT2D eigenvalue weighted by molar-refractivity contribution is 0.271. The highest BCUT2D eigenvalue weighted by Gasteiger charge is 2.21. The van der Waals surface area contributed by atoms with Gasteiger partial charge in [-0.25, -0.2) is 17.5 Å². The lowest BCUT2D eigenvalue weighted by Crippen LogP contribution is -2.32. The maximum absolute atomic E-state index is 13.6. The maximum Gasteiger partial charge on any atom is 0.245 e. The largest absolute Gasteiger partial charge is 0.398 e. The molecule has 3 N–H and O–H groups in total. The molecule has 1 rings (SSSR count). The highest BCUT2D eigenvalue weighted by molar-refractivity contribution is 7.89. The molecular formula is C13H22FN3O2S. The molecule has 0 spiro atoms. The van der Waals surface area contributed by atoms with Crippen molar-refractivity contribution in [1.29, 1.82) is 0 Å². The van der Waals surface area contributed by atoms with Crippen LogP contribution in [-0.4, -0.2) is 39.5 Å². The van der Waals surface area contributed by atoms with Crippen LogP contribution in [0.5, 0.6) is 0 Å². The van der Waals surface area contributed by atoms with Crippen LogP contribution in [-0.2, 0) is 10.0 Å². The predicted molar refractivity (Wildman–Crippen MR) is 78.4 cm³/mol. The van der Waals surface area contributed by atoms with Gasteiger partial charge in [-0.2, -0.15) is 0 Å². The fraction of sp³-hybridized carbons (Fsp3) is 0.538. The molecule has 0 atom stereocenters. The predicted octanol–water partition coefficient (Wildman–Crippen LogP) is 1.42. The van der Waals surface area contributed by atoms with Gasteiger partial charge >= 0.3 is 0 Å². The molecule has 1 aromatic rings. The first-order valence-corrected chi connectivity index (χ1v) is 7.98. The number of nitrogens with two attached hydrogens (primary N) is 1. The minimum Gasteiger partial charge on any atom is -0.398 e. The number of nitrogens with zero attached hydrogens (tertiary/aromatic N) is 1. The van der Waals surface area contributed by atoms with Crippen molar-refractivity contribution in [3.63, 3.8) is 0 Å². The van der Waals surface area contributed by atoms with E-state index in [4.69, 9.17) is 5.73 Å². The number of benzene rings is 1. The monoisotopic (exact) mass is 303 g/mol. The van der Waals surface area contributed by atoms with Crippen molar-refractivity contribution >= 4 is 15.7 Å². The number of halogens is 1. The summed E-state index contributed by atoms with van der Waals surface area (Å²) in [4.78, 5) is 1.63. The Hall–Kier alpha value is -1.18. The number of nitrogens with one attached hydrogen (secondary N) is 1. The lowest BCUT2D eigenvalue weighted by Gasteiger charge is -2.20. The van der Waals surface area contributed by atoms with Gasteiger partial charge in [0.2, 0.25) is 10.0 Å². The van der Waals surface area contributed by atoms with E-state index >= 15 is 0 Å². The third-order valence-corrected chi connectivity index (χ3v) is 4.68. The molecule has 0 aliphatic rings. The van der Waals surface area contributed by atoms with Gasteiger partial charge < -0.3 is 10.6 Å². The molecule has 114 valence electrons. The van der Waals surface area contributed by atoms with Crippen LogP contribution in [0.25, 0.3) is 0 Å². The average molecular weight is 303 g/mol. The number of hydrogen-bond donors (Lipinski definition) is 2. The molecule has 0 aliphatic carbocycles. The summed E-state index contributed by atoms with van der Waals surface area (Å²) in [5.41, 5.74) is 5.45. The smallest absolute Gasteiger partial charge is 0.245 e. The van der Waals surface area contributed by atoms with Crippen LogP contribution in [0.15, 0.2) is 23.1 Å². The first kappa shape index (κ1) is 16.9. The van der Waals surface area contributed by atoms with E-state index in [2.05, 4.69) is 23.5 Å². The molecule has 0 heterocycles. The number of sulfonamides is 1. The third kappa shape index (κ3) is 4.43. The molecule has 0 saturated heterocycles. The van der Waals surface area contributed by atoms with Gasteiger partial charge in [-0.1, -0.05) is 6.07 Å². The van der Waals surface area contributed by atoms with E-state index in [-0.39, 0.29) is 12.2 Å². The van der Waals surface area contributed by atoms with Crippen molar-refractivity contribution in [3.8, 4) is 0 Å². The van der Waals surface area contributed by atoms with E-state index in [1.807, 2.05) is 7.05 Å². The van der Waals surface area contributed by atoms with Gasteiger partial charge in [-0.3, -0.25) is 0 Å². The number of rotatable bonds is 7. The highest BCUT2D eigenvalue weighted by atomic mass is 32.2. The second-order valence-electron chi connectivity index (χ2n) is 4.98. The molecule has 0 amide bonds. The lowest BCUT2D eigenvalue weighted by atomic mass is 10.3. The van der Waals surface area contributed by atoms with E-state index in [0.717, 1.165) is 12.6 Å². The van der Waals surface area contributed by atoms with E-state index in [9.17, 15) is 12.8 Å². The standard InChI is InChI=1S/C13H22FN3O2S/c1-10(2)17(3)9-5-8-16-20(18,19)13-11(14)6-4-7-12(13)15/h4,6-7,10,16H,5,8-9,15H2,1-3H3. The minimum absolute atomic E-state index is 0.0863. The molecule has 0 bridgehead atoms. The summed E-state index contributed by atoms with van der Waals surface area (Å²) in [6.45, 7) is 5.12. The summed E-state index contributed by atoms with van der Waals surface area (Å²) < 4.78 is 40.0. The third-order valence-electron chi connectivity index (χ3n) is 3.13. The highest BCUT2D eigenvalue weighted by Crippen LogP contribution is 2.21. The minimum atomic E-state index is -3.91. The van der Waals surface area contributed by atoms with Crippen LogP contribution >= 0.6 is 0 Å². The number of hydrogen-bond acceptors (Lipinski definition) is 4. The maximum atomic E-state index is 13.6. The summed E-state index contributed by atoms with van der Waals surface area (Å²) in [6.07, 6.45) is 0.641. The Labute approximate surface area is 120 Å². The molecule has 0 unspecified atom stereocenters. The van der Waals surface area contributed by atoms with E-state index in [1.165, 1.54) is 12.1 Å². The van der Waals surface area contributed by atoms with Gasteiger partial charge in [0.25, 0.3) is 0 Å². The van der Waals surface area contributed by atoms with Gasteiger partial charge in [0.05, 0.1) is 5.69 Å². The first-order valence-electron chi connectivity index (χ1n) is 6.49. The van der Waals surface area contributed by atoms with Gasteiger partial charge in [-0.15, -0.1) is 0 Å². The second-order valence-corrected chi connectivity index (χ2v) is 6.69. The summed E-state index contributed by atoms with van der Waals surface area (Å²) in [6, 6.07) is 4.22. The zero-order valence-corrected chi connectivity index (χ0v) is 12.9. The number of anilines is 1. The normalized spacial score (nSPS) is 12.3. The van der Waals surface area contributed by atoms with Crippen molar-refractivity contribution in [2.45, 2.75) is 31.2 Å². The quantitative estimate of drug-likeness (QED) is 0.590. The van der Waals surface area contributed by atoms with E-state index in [1.54, 1.807) is 0 Å². The van der Waals surface area contributed by atoms with Crippen LogP contribution in [0.1, 0.15) is 20.3 Å². The van der Waals surface area contributed by atoms with Crippen LogP contribution in [0.2, 0.25) is 0 Å². The SMILES string of the molecule is CC(C)N(C)CCCNS(=O)(=O)c1c(N)cccc1F. The molecule has 20 heavy (non-hydrogen) atoms. The van der Waals surface area contributed by atoms with Crippen molar-refractivity contribution < 1.29 is 12.8 Å². The molecule has 7 heteroatoms. The summed E-state index contributed by atoms with van der Waals surface area (Å²) >= 11 is 0. The molecule has 0 saturated carbocycles. The van der Waals surface area contributed by atoms with Gasteiger partial charge in [0.1, 0.15) is 10.7 Å². The van der Waals surface area contributed by atoms with Gasteiger partial charge in [-0.05, 0) is 46.0 Å². The average Bonchev–Trinajstić information content (AvgIpc) is 2.33. The molecule has 0 radical (unpaired) electrons. The number of nitrogen functional groups attached to an aromatic ring is 1. The first-order chi connectivity index (χ1) is 9.25. The van der Waals surface area contributed by atoms with E-state index < -0.39 is 20.7 Å². The Kier molecular flexibility index (Phi) is 5.91. The zero-order valence-electron chi connectivity index (χ0n) is 12.1. The van der Waals surface area contributed by atoms with Crippen LogP contribution in [0.3, 0.4) is 0 Å². The fourth-order valence-corrected chi connectivity index (χ4v) is 2.93. The Morgan fingerprint density at radius 3 is 2.60 bits per heavy atom. The summed E-state index contributed by atoms with van der Waals surface area (Å²) in [5, 5.41) is 0. The molecule has 0 aromatic heterocycles. The molecule has 0 aliphatic heterocycles. The zero-order chi connectivity index (χ0) is 15.3. The Balaban J connectivity index is 2.63. The fourth-order valence-electron chi connectivity index (χ4n) is 1.67. The van der Waals surface area contributed by atoms with Crippen molar-refractivity contribution in [2.24, 2.45) is 0 Å². The Bertz CT molecular complexity index is 526. The molecular weight excluding hydrogens is 281 g/mol. The Morgan fingerprint density at radius 1 is 1.40 bits per heavy atom. The summed E-state index contributed by atoms with van der Waals surface area (Å²) in [5.74, 6) is -0.836.